The van der Waals surface area contributed by atoms with Gasteiger partial charge >= 0.3 is 0 Å². The SMILES string of the molecule is CCCc1nc(CBr)no1. The van der Waals surface area contributed by atoms with Crippen molar-refractivity contribution in [3.63, 3.8) is 0 Å². The average Bonchev–Trinajstić information content (AvgIpc) is 2.37. The minimum Gasteiger partial charge on any atom is -0.339 e. The molecule has 1 rings (SSSR count). The quantitative estimate of drug-likeness (QED) is 0.707. The van der Waals surface area contributed by atoms with Crippen LogP contribution in [0.2, 0.25) is 0 Å². The van der Waals surface area contributed by atoms with Gasteiger partial charge in [0.15, 0.2) is 5.82 Å². The fourth-order valence-corrected chi connectivity index (χ4v) is 0.888. The second-order valence-corrected chi connectivity index (χ2v) is 2.55. The molecule has 0 aromatic carbocycles. The Morgan fingerprint density at radius 2 is 2.40 bits per heavy atom. The van der Waals surface area contributed by atoms with E-state index in [1.54, 1.807) is 0 Å². The molecule has 56 valence electrons. The monoisotopic (exact) mass is 204 g/mol. The fourth-order valence-electron chi connectivity index (χ4n) is 0.660. The van der Waals surface area contributed by atoms with Gasteiger partial charge in [-0.2, -0.15) is 4.98 Å². The lowest BCUT2D eigenvalue weighted by Gasteiger charge is -1.82. The lowest BCUT2D eigenvalue weighted by Crippen LogP contribution is -1.83. The summed E-state index contributed by atoms with van der Waals surface area (Å²) >= 11 is 3.24. The number of hydrogen-bond acceptors (Lipinski definition) is 3. The van der Waals surface area contributed by atoms with Gasteiger partial charge in [0, 0.05) is 6.42 Å². The van der Waals surface area contributed by atoms with Gasteiger partial charge in [-0.25, -0.2) is 0 Å². The minimum absolute atomic E-state index is 0.667. The highest BCUT2D eigenvalue weighted by molar-refractivity contribution is 9.08. The van der Waals surface area contributed by atoms with Crippen molar-refractivity contribution in [2.45, 2.75) is 25.1 Å². The number of nitrogens with zero attached hydrogens (tertiary/aromatic N) is 2. The van der Waals surface area contributed by atoms with Crippen LogP contribution in [0.3, 0.4) is 0 Å². The highest BCUT2D eigenvalue weighted by atomic mass is 79.9. The summed E-state index contributed by atoms with van der Waals surface area (Å²) < 4.78 is 4.90. The van der Waals surface area contributed by atoms with Gasteiger partial charge in [0.2, 0.25) is 5.89 Å². The first-order chi connectivity index (χ1) is 4.86. The molecule has 0 amide bonds. The number of halogens is 1. The maximum absolute atomic E-state index is 4.90. The molecular weight excluding hydrogens is 196 g/mol. The van der Waals surface area contributed by atoms with E-state index in [9.17, 15) is 0 Å². The Hall–Kier alpha value is -0.380. The summed E-state index contributed by atoms with van der Waals surface area (Å²) in [6.07, 6.45) is 1.92. The molecule has 3 nitrogen and oxygen atoms in total. The van der Waals surface area contributed by atoms with Gasteiger partial charge in [-0.05, 0) is 6.42 Å². The highest BCUT2D eigenvalue weighted by Crippen LogP contribution is 2.03. The van der Waals surface area contributed by atoms with E-state index >= 15 is 0 Å². The summed E-state index contributed by atoms with van der Waals surface area (Å²) in [4.78, 5) is 4.09. The molecule has 0 aliphatic carbocycles. The standard InChI is InChI=1S/C6H9BrN2O/c1-2-3-6-8-5(4-7)9-10-6/h2-4H2,1H3. The average molecular weight is 205 g/mol. The Labute approximate surface area is 67.9 Å². The van der Waals surface area contributed by atoms with Gasteiger partial charge in [0.05, 0.1) is 5.33 Å². The van der Waals surface area contributed by atoms with E-state index in [-0.39, 0.29) is 0 Å². The first-order valence-electron chi connectivity index (χ1n) is 3.24. The Kier molecular flexibility index (Phi) is 2.86. The van der Waals surface area contributed by atoms with Gasteiger partial charge in [-0.3, -0.25) is 0 Å². The van der Waals surface area contributed by atoms with Crippen molar-refractivity contribution >= 4 is 15.9 Å². The molecular formula is C6H9BrN2O. The molecule has 0 aliphatic heterocycles. The molecule has 0 fully saturated rings. The molecule has 0 atom stereocenters. The van der Waals surface area contributed by atoms with Crippen molar-refractivity contribution in [2.75, 3.05) is 0 Å². The smallest absolute Gasteiger partial charge is 0.226 e. The summed E-state index contributed by atoms with van der Waals surface area (Å²) in [5.74, 6) is 1.46. The lowest BCUT2D eigenvalue weighted by molar-refractivity contribution is 0.373. The van der Waals surface area contributed by atoms with Crippen molar-refractivity contribution in [2.24, 2.45) is 0 Å². The molecule has 0 saturated carbocycles. The van der Waals surface area contributed by atoms with Gasteiger partial charge in [-0.1, -0.05) is 28.0 Å². The molecule has 0 unspecified atom stereocenters. The molecule has 0 saturated heterocycles. The van der Waals surface area contributed by atoms with Gasteiger partial charge in [0.25, 0.3) is 0 Å². The second kappa shape index (κ2) is 3.71. The van der Waals surface area contributed by atoms with Crippen LogP contribution < -0.4 is 0 Å². The van der Waals surface area contributed by atoms with E-state index in [2.05, 4.69) is 33.0 Å². The number of hydrogen-bond donors (Lipinski definition) is 0. The third-order valence-corrected chi connectivity index (χ3v) is 1.60. The molecule has 0 radical (unpaired) electrons. The molecule has 0 N–H and O–H groups in total. The van der Waals surface area contributed by atoms with E-state index in [4.69, 9.17) is 4.52 Å². The zero-order valence-corrected chi connectivity index (χ0v) is 7.39. The molecule has 0 spiro atoms. The van der Waals surface area contributed by atoms with Crippen molar-refractivity contribution in [1.82, 2.24) is 10.1 Å². The van der Waals surface area contributed by atoms with Crippen LogP contribution in [-0.4, -0.2) is 10.1 Å². The summed E-state index contributed by atoms with van der Waals surface area (Å²) in [5, 5.41) is 4.39. The predicted octanol–water partition coefficient (Wildman–Crippen LogP) is 1.92. The number of aromatic nitrogens is 2. The summed E-state index contributed by atoms with van der Waals surface area (Å²) in [7, 11) is 0. The van der Waals surface area contributed by atoms with Crippen LogP contribution in [0, 0.1) is 0 Å². The zero-order chi connectivity index (χ0) is 7.40. The Balaban J connectivity index is 2.59. The van der Waals surface area contributed by atoms with Crippen LogP contribution in [0.5, 0.6) is 0 Å². The van der Waals surface area contributed by atoms with Crippen LogP contribution in [0.25, 0.3) is 0 Å². The summed E-state index contributed by atoms with van der Waals surface area (Å²) in [6.45, 7) is 2.08. The maximum atomic E-state index is 4.90. The third kappa shape index (κ3) is 1.80. The fraction of sp³-hybridized carbons (Fsp3) is 0.667. The van der Waals surface area contributed by atoms with Crippen LogP contribution in [0.15, 0.2) is 4.52 Å². The molecule has 0 bridgehead atoms. The summed E-state index contributed by atoms with van der Waals surface area (Å²) in [6, 6.07) is 0. The van der Waals surface area contributed by atoms with Crippen LogP contribution in [0.1, 0.15) is 25.1 Å². The predicted molar refractivity (Wildman–Crippen MR) is 40.9 cm³/mol. The molecule has 1 aromatic heterocycles. The molecule has 0 aliphatic rings. The van der Waals surface area contributed by atoms with Crippen LogP contribution in [-0.2, 0) is 11.8 Å². The second-order valence-electron chi connectivity index (χ2n) is 1.99. The van der Waals surface area contributed by atoms with E-state index in [1.165, 1.54) is 0 Å². The van der Waals surface area contributed by atoms with Crippen LogP contribution in [0.4, 0.5) is 0 Å². The molecule has 4 heteroatoms. The summed E-state index contributed by atoms with van der Waals surface area (Å²) in [5.41, 5.74) is 0. The minimum atomic E-state index is 0.667. The van der Waals surface area contributed by atoms with E-state index < -0.39 is 0 Å². The number of alkyl halides is 1. The number of aryl methyl sites for hydroxylation is 1. The van der Waals surface area contributed by atoms with Crippen molar-refractivity contribution < 1.29 is 4.52 Å². The Morgan fingerprint density at radius 3 is 2.90 bits per heavy atom. The zero-order valence-electron chi connectivity index (χ0n) is 5.80. The Bertz CT molecular complexity index is 199. The van der Waals surface area contributed by atoms with Crippen molar-refractivity contribution in [3.05, 3.63) is 11.7 Å². The Morgan fingerprint density at radius 1 is 1.60 bits per heavy atom. The van der Waals surface area contributed by atoms with Crippen molar-refractivity contribution in [3.8, 4) is 0 Å². The first-order valence-corrected chi connectivity index (χ1v) is 4.36. The van der Waals surface area contributed by atoms with E-state index in [0.29, 0.717) is 5.33 Å². The number of rotatable bonds is 3. The van der Waals surface area contributed by atoms with Crippen LogP contribution >= 0.6 is 15.9 Å². The largest absolute Gasteiger partial charge is 0.339 e. The highest BCUT2D eigenvalue weighted by Gasteiger charge is 2.01. The molecule has 1 aromatic rings. The third-order valence-electron chi connectivity index (χ3n) is 1.09. The topological polar surface area (TPSA) is 38.9 Å². The molecule has 10 heavy (non-hydrogen) atoms. The van der Waals surface area contributed by atoms with Gasteiger partial charge in [-0.15, -0.1) is 0 Å². The van der Waals surface area contributed by atoms with Gasteiger partial charge in [0.1, 0.15) is 0 Å². The van der Waals surface area contributed by atoms with Gasteiger partial charge < -0.3 is 4.52 Å². The van der Waals surface area contributed by atoms with Crippen molar-refractivity contribution in [1.29, 1.82) is 0 Å². The lowest BCUT2D eigenvalue weighted by atomic mass is 10.3. The first kappa shape index (κ1) is 7.72. The maximum Gasteiger partial charge on any atom is 0.226 e. The normalized spacial score (nSPS) is 10.2. The molecule has 1 heterocycles. The van der Waals surface area contributed by atoms with E-state index in [1.807, 2.05) is 0 Å². The van der Waals surface area contributed by atoms with E-state index in [0.717, 1.165) is 24.6 Å².